The fourth-order valence-corrected chi connectivity index (χ4v) is 3.37. The number of carbonyl (C=O) groups excluding carboxylic acids is 1. The van der Waals surface area contributed by atoms with Crippen molar-refractivity contribution in [2.75, 3.05) is 18.6 Å². The predicted molar refractivity (Wildman–Crippen MR) is 124 cm³/mol. The third kappa shape index (κ3) is 4.85. The molecule has 0 saturated carbocycles. The highest BCUT2D eigenvalue weighted by Crippen LogP contribution is 2.28. The number of nitrogen functional groups attached to an aromatic ring is 1. The van der Waals surface area contributed by atoms with E-state index in [1.165, 1.54) is 4.68 Å². The summed E-state index contributed by atoms with van der Waals surface area (Å²) in [5.74, 6) is 0.247. The molecule has 0 unspecified atom stereocenters. The molecule has 3 N–H and O–H groups in total. The van der Waals surface area contributed by atoms with E-state index in [2.05, 4.69) is 35.8 Å². The number of nitrogens with two attached hydrogens (primary N) is 1. The van der Waals surface area contributed by atoms with Crippen LogP contribution >= 0.6 is 11.8 Å². The SMILES string of the molecule is CCOc1ccc(-c2c(C(=O)NN=Cc3ccc(SC)cc3)nnn2-c2nonc2N)cc1. The molecule has 0 spiro atoms. The second kappa shape index (κ2) is 9.96. The van der Waals surface area contributed by atoms with Crippen LogP contribution < -0.4 is 15.9 Å². The molecule has 2 aromatic heterocycles. The van der Waals surface area contributed by atoms with Crippen LogP contribution in [0, 0.1) is 0 Å². The molecule has 168 valence electrons. The number of rotatable bonds is 8. The minimum atomic E-state index is -0.558. The molecule has 4 aromatic rings. The lowest BCUT2D eigenvalue weighted by molar-refractivity contribution is 0.0950. The number of amides is 1. The number of hydrogen-bond acceptors (Lipinski definition) is 10. The predicted octanol–water partition coefficient (Wildman–Crippen LogP) is 2.78. The van der Waals surface area contributed by atoms with Gasteiger partial charge in [0.2, 0.25) is 11.6 Å². The average Bonchev–Trinajstić information content (AvgIpc) is 3.46. The van der Waals surface area contributed by atoms with Gasteiger partial charge in [-0.1, -0.05) is 17.3 Å². The van der Waals surface area contributed by atoms with Gasteiger partial charge < -0.3 is 10.5 Å². The summed E-state index contributed by atoms with van der Waals surface area (Å²) in [4.78, 5) is 14.0. The number of nitrogens with zero attached hydrogens (tertiary/aromatic N) is 6. The molecule has 0 aliphatic rings. The smallest absolute Gasteiger partial charge is 0.294 e. The summed E-state index contributed by atoms with van der Waals surface area (Å²) in [7, 11) is 0. The molecular formula is C21H20N8O3S. The minimum absolute atomic E-state index is 0.00533. The van der Waals surface area contributed by atoms with E-state index in [0.29, 0.717) is 23.6 Å². The number of anilines is 1. The lowest BCUT2D eigenvalue weighted by atomic mass is 10.1. The molecule has 0 saturated heterocycles. The van der Waals surface area contributed by atoms with Gasteiger partial charge in [-0.2, -0.15) is 9.78 Å². The van der Waals surface area contributed by atoms with Crippen molar-refractivity contribution >= 4 is 29.7 Å². The van der Waals surface area contributed by atoms with Crippen LogP contribution in [0.15, 0.2) is 63.2 Å². The maximum atomic E-state index is 12.9. The molecule has 0 aliphatic carbocycles. The van der Waals surface area contributed by atoms with Crippen molar-refractivity contribution in [1.29, 1.82) is 0 Å². The summed E-state index contributed by atoms with van der Waals surface area (Å²) < 4.78 is 11.5. The van der Waals surface area contributed by atoms with E-state index in [4.69, 9.17) is 10.5 Å². The molecule has 33 heavy (non-hydrogen) atoms. The molecule has 2 heterocycles. The van der Waals surface area contributed by atoms with E-state index in [-0.39, 0.29) is 17.3 Å². The Morgan fingerprint density at radius 1 is 1.21 bits per heavy atom. The van der Waals surface area contributed by atoms with Crippen LogP contribution in [0.3, 0.4) is 0 Å². The van der Waals surface area contributed by atoms with Crippen LogP contribution in [0.4, 0.5) is 5.82 Å². The fraction of sp³-hybridized carbons (Fsp3) is 0.143. The standard InChI is InChI=1S/C21H20N8O3S/c1-3-31-15-8-6-14(7-9-15)18-17(24-28-29(18)20-19(22)26-32-27-20)21(30)25-23-12-13-4-10-16(33-2)11-5-13/h4-12H,3H2,1-2H3,(H2,22,26)(H,25,30). The van der Waals surface area contributed by atoms with Crippen molar-refractivity contribution in [3.05, 3.63) is 59.8 Å². The summed E-state index contributed by atoms with van der Waals surface area (Å²) in [5, 5.41) is 19.4. The maximum Gasteiger partial charge on any atom is 0.294 e. The third-order valence-electron chi connectivity index (χ3n) is 4.52. The van der Waals surface area contributed by atoms with Crippen molar-refractivity contribution in [2.24, 2.45) is 5.10 Å². The molecule has 11 nitrogen and oxygen atoms in total. The highest BCUT2D eigenvalue weighted by Gasteiger charge is 2.25. The van der Waals surface area contributed by atoms with E-state index < -0.39 is 5.91 Å². The number of nitrogens with one attached hydrogen (secondary N) is 1. The van der Waals surface area contributed by atoms with Gasteiger partial charge in [-0.25, -0.2) is 10.1 Å². The van der Waals surface area contributed by atoms with Crippen LogP contribution in [0.2, 0.25) is 0 Å². The van der Waals surface area contributed by atoms with Crippen LogP contribution in [0.1, 0.15) is 23.0 Å². The van der Waals surface area contributed by atoms with Gasteiger partial charge in [-0.15, -0.1) is 16.9 Å². The zero-order chi connectivity index (χ0) is 23.2. The normalized spacial score (nSPS) is 11.1. The number of hydrazone groups is 1. The first-order valence-electron chi connectivity index (χ1n) is 9.85. The highest BCUT2D eigenvalue weighted by molar-refractivity contribution is 7.98. The first kappa shape index (κ1) is 22.0. The van der Waals surface area contributed by atoms with E-state index in [1.807, 2.05) is 37.4 Å². The molecule has 12 heteroatoms. The Morgan fingerprint density at radius 3 is 2.61 bits per heavy atom. The second-order valence-electron chi connectivity index (χ2n) is 6.60. The number of ether oxygens (including phenoxy) is 1. The Morgan fingerprint density at radius 2 is 1.97 bits per heavy atom. The van der Waals surface area contributed by atoms with Crippen molar-refractivity contribution < 1.29 is 14.2 Å². The topological polar surface area (TPSA) is 146 Å². The van der Waals surface area contributed by atoms with Gasteiger partial charge in [0.15, 0.2) is 5.69 Å². The zero-order valence-electron chi connectivity index (χ0n) is 17.8. The van der Waals surface area contributed by atoms with Crippen LogP contribution in [0.5, 0.6) is 5.75 Å². The van der Waals surface area contributed by atoms with E-state index in [0.717, 1.165) is 10.5 Å². The molecule has 0 bridgehead atoms. The summed E-state index contributed by atoms with van der Waals surface area (Å²) in [6.07, 6.45) is 3.55. The van der Waals surface area contributed by atoms with Gasteiger partial charge in [-0.3, -0.25) is 4.79 Å². The van der Waals surface area contributed by atoms with E-state index >= 15 is 0 Å². The maximum absolute atomic E-state index is 12.9. The fourth-order valence-electron chi connectivity index (χ4n) is 2.96. The highest BCUT2D eigenvalue weighted by atomic mass is 32.2. The summed E-state index contributed by atoms with van der Waals surface area (Å²) in [6, 6.07) is 14.9. The Labute approximate surface area is 193 Å². The molecule has 0 atom stereocenters. The van der Waals surface area contributed by atoms with Crippen LogP contribution in [-0.4, -0.2) is 50.3 Å². The van der Waals surface area contributed by atoms with Crippen molar-refractivity contribution in [3.63, 3.8) is 0 Å². The molecule has 0 fully saturated rings. The van der Waals surface area contributed by atoms with Gasteiger partial charge in [-0.05, 0) is 65.5 Å². The Kier molecular flexibility index (Phi) is 6.64. The van der Waals surface area contributed by atoms with Crippen molar-refractivity contribution in [3.8, 4) is 22.8 Å². The third-order valence-corrected chi connectivity index (χ3v) is 5.26. The monoisotopic (exact) mass is 464 g/mol. The van der Waals surface area contributed by atoms with Gasteiger partial charge in [0.25, 0.3) is 5.91 Å². The number of carbonyl (C=O) groups is 1. The summed E-state index contributed by atoms with van der Waals surface area (Å²) in [6.45, 7) is 2.43. The Hall–Kier alpha value is -4.19. The van der Waals surface area contributed by atoms with Crippen molar-refractivity contribution in [1.82, 2.24) is 30.7 Å². The molecule has 1 amide bonds. The minimum Gasteiger partial charge on any atom is -0.494 e. The number of hydrogen-bond donors (Lipinski definition) is 2. The largest absolute Gasteiger partial charge is 0.494 e. The molecule has 4 rings (SSSR count). The van der Waals surface area contributed by atoms with Gasteiger partial charge in [0, 0.05) is 10.5 Å². The van der Waals surface area contributed by atoms with Gasteiger partial charge >= 0.3 is 0 Å². The summed E-state index contributed by atoms with van der Waals surface area (Å²) in [5.41, 5.74) is 10.2. The Balaban J connectivity index is 1.64. The first-order valence-corrected chi connectivity index (χ1v) is 11.1. The quantitative estimate of drug-likeness (QED) is 0.228. The van der Waals surface area contributed by atoms with Gasteiger partial charge in [0.1, 0.15) is 11.4 Å². The summed E-state index contributed by atoms with van der Waals surface area (Å²) >= 11 is 1.64. The molecule has 2 aromatic carbocycles. The van der Waals surface area contributed by atoms with Crippen molar-refractivity contribution in [2.45, 2.75) is 11.8 Å². The molecule has 0 radical (unpaired) electrons. The molecular weight excluding hydrogens is 444 g/mol. The van der Waals surface area contributed by atoms with Crippen LogP contribution in [-0.2, 0) is 0 Å². The first-order chi connectivity index (χ1) is 16.1. The number of aromatic nitrogens is 5. The number of benzene rings is 2. The number of thioether (sulfide) groups is 1. The van der Waals surface area contributed by atoms with E-state index in [1.54, 1.807) is 42.2 Å². The lowest BCUT2D eigenvalue weighted by Crippen LogP contribution is -2.19. The lowest BCUT2D eigenvalue weighted by Gasteiger charge is -2.07. The van der Waals surface area contributed by atoms with Crippen LogP contribution in [0.25, 0.3) is 17.1 Å². The average molecular weight is 465 g/mol. The second-order valence-corrected chi connectivity index (χ2v) is 7.48. The molecule has 0 aliphatic heterocycles. The van der Waals surface area contributed by atoms with Gasteiger partial charge in [0.05, 0.1) is 12.8 Å². The van der Waals surface area contributed by atoms with E-state index in [9.17, 15) is 4.79 Å². The Bertz CT molecular complexity index is 1270. The zero-order valence-corrected chi connectivity index (χ0v) is 18.6.